The predicted molar refractivity (Wildman–Crippen MR) is 118 cm³/mol. The second-order valence-electron chi connectivity index (χ2n) is 8.47. The minimum atomic E-state index is -0.501. The maximum absolute atomic E-state index is 12.2. The van der Waals surface area contributed by atoms with Crippen molar-refractivity contribution in [2.24, 2.45) is 12.5 Å². The maximum Gasteiger partial charge on any atom is 0.413 e. The molecule has 2 N–H and O–H groups in total. The number of hydrogen-bond donors (Lipinski definition) is 2. The van der Waals surface area contributed by atoms with Crippen molar-refractivity contribution in [1.82, 2.24) is 15.1 Å². The number of carbonyl (C=O) groups is 1. The molecular formula is C23H27N5O2. The minimum Gasteiger partial charge on any atom is -0.444 e. The van der Waals surface area contributed by atoms with Gasteiger partial charge in [-0.15, -0.1) is 0 Å². The summed E-state index contributed by atoms with van der Waals surface area (Å²) >= 11 is 0. The zero-order valence-corrected chi connectivity index (χ0v) is 17.2. The standard InChI is InChI=1S/C23H27N5O2/c1-27-20-13-18(28-15-23(16-28)9-11-24-12-10-23)7-8-19(20)21(26-27)25-22(29)30-14-17-5-3-2-4-6-17/h2-8,13,24H,9-12,14-16H2,1H3,(H,25,26,29). The largest absolute Gasteiger partial charge is 0.444 e. The predicted octanol–water partition coefficient (Wildman–Crippen LogP) is 3.51. The first kappa shape index (κ1) is 18.9. The molecule has 2 aromatic carbocycles. The number of amides is 1. The van der Waals surface area contributed by atoms with Gasteiger partial charge in [0.15, 0.2) is 5.82 Å². The molecule has 2 fully saturated rings. The molecule has 30 heavy (non-hydrogen) atoms. The van der Waals surface area contributed by atoms with E-state index in [1.807, 2.05) is 48.1 Å². The number of piperidine rings is 1. The Hall–Kier alpha value is -3.06. The lowest BCUT2D eigenvalue weighted by Crippen LogP contribution is -2.60. The second kappa shape index (κ2) is 7.65. The lowest BCUT2D eigenvalue weighted by molar-refractivity contribution is 0.150. The molecule has 0 atom stereocenters. The number of anilines is 2. The van der Waals surface area contributed by atoms with Gasteiger partial charge in [0.2, 0.25) is 0 Å². The molecule has 7 heteroatoms. The quantitative estimate of drug-likeness (QED) is 0.695. The maximum atomic E-state index is 12.2. The van der Waals surface area contributed by atoms with E-state index >= 15 is 0 Å². The number of aryl methyl sites for hydroxylation is 1. The molecular weight excluding hydrogens is 378 g/mol. The molecule has 1 amide bonds. The van der Waals surface area contributed by atoms with Crippen LogP contribution in [-0.2, 0) is 18.4 Å². The molecule has 1 spiro atoms. The molecule has 0 radical (unpaired) electrons. The fourth-order valence-electron chi connectivity index (χ4n) is 4.61. The fraction of sp³-hybridized carbons (Fsp3) is 0.391. The van der Waals surface area contributed by atoms with Crippen molar-refractivity contribution in [2.75, 3.05) is 36.4 Å². The summed E-state index contributed by atoms with van der Waals surface area (Å²) in [6.45, 7) is 4.73. The van der Waals surface area contributed by atoms with Crippen LogP contribution in [0.25, 0.3) is 10.9 Å². The number of benzene rings is 2. The van der Waals surface area contributed by atoms with E-state index in [1.54, 1.807) is 0 Å². The second-order valence-corrected chi connectivity index (χ2v) is 8.47. The summed E-state index contributed by atoms with van der Waals surface area (Å²) in [4.78, 5) is 14.7. The van der Waals surface area contributed by atoms with Crippen molar-refractivity contribution in [1.29, 1.82) is 0 Å². The van der Waals surface area contributed by atoms with Gasteiger partial charge in [0.05, 0.1) is 5.52 Å². The average Bonchev–Trinajstić information content (AvgIpc) is 3.06. The number of rotatable bonds is 4. The number of carbonyl (C=O) groups excluding carboxylic acids is 1. The first-order chi connectivity index (χ1) is 14.6. The molecule has 3 heterocycles. The molecule has 5 rings (SSSR count). The van der Waals surface area contributed by atoms with Gasteiger partial charge in [0, 0.05) is 36.6 Å². The van der Waals surface area contributed by atoms with E-state index in [0.717, 1.165) is 42.6 Å². The summed E-state index contributed by atoms with van der Waals surface area (Å²) in [5.74, 6) is 0.524. The highest BCUT2D eigenvalue weighted by Crippen LogP contribution is 2.42. The summed E-state index contributed by atoms with van der Waals surface area (Å²) in [6.07, 6.45) is 2.02. The highest BCUT2D eigenvalue weighted by Gasteiger charge is 2.43. The topological polar surface area (TPSA) is 71.4 Å². The van der Waals surface area contributed by atoms with Gasteiger partial charge in [-0.3, -0.25) is 10.00 Å². The van der Waals surface area contributed by atoms with Crippen molar-refractivity contribution in [3.8, 4) is 0 Å². The van der Waals surface area contributed by atoms with E-state index in [0.29, 0.717) is 11.2 Å². The van der Waals surface area contributed by atoms with Crippen LogP contribution in [0.3, 0.4) is 0 Å². The van der Waals surface area contributed by atoms with Gasteiger partial charge in [0.25, 0.3) is 0 Å². The van der Waals surface area contributed by atoms with Gasteiger partial charge in [-0.25, -0.2) is 4.79 Å². The van der Waals surface area contributed by atoms with Gasteiger partial charge >= 0.3 is 6.09 Å². The van der Waals surface area contributed by atoms with Gasteiger partial charge in [-0.1, -0.05) is 30.3 Å². The molecule has 2 aliphatic heterocycles. The number of fused-ring (bicyclic) bond motifs is 1. The normalized spacial score (nSPS) is 17.7. The first-order valence-corrected chi connectivity index (χ1v) is 10.5. The molecule has 7 nitrogen and oxygen atoms in total. The third kappa shape index (κ3) is 3.61. The first-order valence-electron chi connectivity index (χ1n) is 10.5. The van der Waals surface area contributed by atoms with Crippen LogP contribution >= 0.6 is 0 Å². The Bertz CT molecular complexity index is 1050. The summed E-state index contributed by atoms with van der Waals surface area (Å²) in [5.41, 5.74) is 3.65. The van der Waals surface area contributed by atoms with Crippen LogP contribution in [0.2, 0.25) is 0 Å². The summed E-state index contributed by atoms with van der Waals surface area (Å²) in [6, 6.07) is 16.0. The molecule has 1 aromatic heterocycles. The molecule has 3 aromatic rings. The number of aromatic nitrogens is 2. The Balaban J connectivity index is 1.26. The molecule has 156 valence electrons. The lowest BCUT2D eigenvalue weighted by Gasteiger charge is -2.53. The van der Waals surface area contributed by atoms with Crippen molar-refractivity contribution in [3.05, 3.63) is 54.1 Å². The zero-order chi connectivity index (χ0) is 20.6. The summed E-state index contributed by atoms with van der Waals surface area (Å²) < 4.78 is 7.14. The van der Waals surface area contributed by atoms with E-state index < -0.39 is 6.09 Å². The summed E-state index contributed by atoms with van der Waals surface area (Å²) in [7, 11) is 1.90. The number of nitrogens with zero attached hydrogens (tertiary/aromatic N) is 3. The molecule has 0 unspecified atom stereocenters. The van der Waals surface area contributed by atoms with Crippen molar-refractivity contribution in [2.45, 2.75) is 19.4 Å². The highest BCUT2D eigenvalue weighted by molar-refractivity contribution is 5.98. The molecule has 0 bridgehead atoms. The van der Waals surface area contributed by atoms with Crippen molar-refractivity contribution >= 4 is 28.5 Å². The zero-order valence-electron chi connectivity index (χ0n) is 17.2. The Morgan fingerprint density at radius 1 is 1.17 bits per heavy atom. The number of hydrogen-bond acceptors (Lipinski definition) is 5. The molecule has 2 aliphatic rings. The smallest absolute Gasteiger partial charge is 0.413 e. The van der Waals surface area contributed by atoms with Gasteiger partial charge in [-0.05, 0) is 49.7 Å². The van der Waals surface area contributed by atoms with E-state index in [9.17, 15) is 4.79 Å². The van der Waals surface area contributed by atoms with E-state index in [4.69, 9.17) is 4.74 Å². The highest BCUT2D eigenvalue weighted by atomic mass is 16.5. The van der Waals surface area contributed by atoms with Crippen LogP contribution in [0.1, 0.15) is 18.4 Å². The van der Waals surface area contributed by atoms with Crippen LogP contribution in [-0.4, -0.2) is 42.1 Å². The van der Waals surface area contributed by atoms with Crippen molar-refractivity contribution in [3.63, 3.8) is 0 Å². The monoisotopic (exact) mass is 405 g/mol. The van der Waals surface area contributed by atoms with Crippen LogP contribution < -0.4 is 15.5 Å². The third-order valence-electron chi connectivity index (χ3n) is 6.35. The third-order valence-corrected chi connectivity index (χ3v) is 6.35. The lowest BCUT2D eigenvalue weighted by atomic mass is 9.72. The number of nitrogens with one attached hydrogen (secondary N) is 2. The van der Waals surface area contributed by atoms with Gasteiger partial charge in [-0.2, -0.15) is 5.10 Å². The SMILES string of the molecule is Cn1nc(NC(=O)OCc2ccccc2)c2ccc(N3CC4(CCNCC4)C3)cc21. The minimum absolute atomic E-state index is 0.230. The Morgan fingerprint density at radius 3 is 2.70 bits per heavy atom. The Labute approximate surface area is 176 Å². The van der Waals surface area contributed by atoms with Crippen LogP contribution in [0.5, 0.6) is 0 Å². The Kier molecular flexibility index (Phi) is 4.83. The average molecular weight is 406 g/mol. The van der Waals surface area contributed by atoms with Gasteiger partial charge < -0.3 is 15.0 Å². The molecule has 2 saturated heterocycles. The van der Waals surface area contributed by atoms with Crippen molar-refractivity contribution < 1.29 is 9.53 Å². The van der Waals surface area contributed by atoms with Gasteiger partial charge in [0.1, 0.15) is 6.61 Å². The van der Waals surface area contributed by atoms with E-state index in [1.165, 1.54) is 18.5 Å². The van der Waals surface area contributed by atoms with E-state index in [2.05, 4.69) is 32.8 Å². The fourth-order valence-corrected chi connectivity index (χ4v) is 4.61. The number of ether oxygens (including phenoxy) is 1. The summed E-state index contributed by atoms with van der Waals surface area (Å²) in [5, 5.41) is 11.6. The molecule has 0 saturated carbocycles. The Morgan fingerprint density at radius 2 is 1.93 bits per heavy atom. The van der Waals surface area contributed by atoms with Crippen LogP contribution in [0.4, 0.5) is 16.3 Å². The van der Waals surface area contributed by atoms with Crippen LogP contribution in [0, 0.1) is 5.41 Å². The van der Waals surface area contributed by atoms with E-state index in [-0.39, 0.29) is 6.61 Å². The molecule has 0 aliphatic carbocycles. The van der Waals surface area contributed by atoms with Crippen LogP contribution in [0.15, 0.2) is 48.5 Å².